The highest BCUT2D eigenvalue weighted by atomic mass is 16.5. The van der Waals surface area contributed by atoms with Crippen molar-refractivity contribution in [2.45, 2.75) is 38.7 Å². The van der Waals surface area contributed by atoms with Gasteiger partial charge in [-0.05, 0) is 62.1 Å². The van der Waals surface area contributed by atoms with Crippen molar-refractivity contribution in [2.75, 3.05) is 23.3 Å². The maximum Gasteiger partial charge on any atom is 0.265 e. The molecule has 0 bridgehead atoms. The molecule has 0 radical (unpaired) electrons. The van der Waals surface area contributed by atoms with Crippen molar-refractivity contribution in [3.63, 3.8) is 0 Å². The molecule has 0 spiro atoms. The number of carbonyl (C=O) groups is 1. The van der Waals surface area contributed by atoms with Gasteiger partial charge >= 0.3 is 0 Å². The number of nitrogens with one attached hydrogen (secondary N) is 1. The molecule has 1 amide bonds. The Hall–Kier alpha value is -2.49. The molecule has 3 rings (SSSR count). The minimum Gasteiger partial charge on any atom is -0.481 e. The summed E-state index contributed by atoms with van der Waals surface area (Å²) in [4.78, 5) is 14.9. The van der Waals surface area contributed by atoms with Gasteiger partial charge in [0.15, 0.2) is 6.10 Å². The van der Waals surface area contributed by atoms with Crippen LogP contribution in [0.2, 0.25) is 0 Å². The Morgan fingerprint density at radius 3 is 2.36 bits per heavy atom. The number of anilines is 2. The molecule has 1 heterocycles. The van der Waals surface area contributed by atoms with Crippen LogP contribution in [-0.2, 0) is 4.79 Å². The minimum atomic E-state index is -0.496. The summed E-state index contributed by atoms with van der Waals surface area (Å²) in [6.07, 6.45) is 3.96. The zero-order chi connectivity index (χ0) is 17.5. The summed E-state index contributed by atoms with van der Waals surface area (Å²) >= 11 is 0. The van der Waals surface area contributed by atoms with Gasteiger partial charge in [-0.1, -0.05) is 25.1 Å². The van der Waals surface area contributed by atoms with Gasteiger partial charge in [0.1, 0.15) is 5.75 Å². The fraction of sp³-hybridized carbons (Fsp3) is 0.381. The molecular weight excluding hydrogens is 312 g/mol. The first-order valence-electron chi connectivity index (χ1n) is 9.14. The van der Waals surface area contributed by atoms with Crippen LogP contribution in [0.1, 0.15) is 32.6 Å². The van der Waals surface area contributed by atoms with Crippen LogP contribution in [-0.4, -0.2) is 25.1 Å². The van der Waals surface area contributed by atoms with Crippen molar-refractivity contribution in [2.24, 2.45) is 0 Å². The Bertz CT molecular complexity index is 664. The fourth-order valence-electron chi connectivity index (χ4n) is 3.12. The van der Waals surface area contributed by atoms with Crippen LogP contribution in [0.15, 0.2) is 54.6 Å². The maximum atomic E-state index is 12.5. The molecule has 4 nitrogen and oxygen atoms in total. The molecule has 1 aliphatic rings. The van der Waals surface area contributed by atoms with Gasteiger partial charge in [0, 0.05) is 24.5 Å². The molecule has 1 saturated heterocycles. The van der Waals surface area contributed by atoms with E-state index in [0.717, 1.165) is 18.8 Å². The van der Waals surface area contributed by atoms with E-state index in [2.05, 4.69) is 22.3 Å². The van der Waals surface area contributed by atoms with E-state index in [9.17, 15) is 4.79 Å². The molecule has 2 aromatic carbocycles. The Morgan fingerprint density at radius 1 is 1.04 bits per heavy atom. The topological polar surface area (TPSA) is 41.6 Å². The van der Waals surface area contributed by atoms with Crippen LogP contribution in [0, 0.1) is 0 Å². The molecule has 1 atom stereocenters. The number of benzene rings is 2. The molecule has 4 heteroatoms. The van der Waals surface area contributed by atoms with Crippen LogP contribution >= 0.6 is 0 Å². The monoisotopic (exact) mass is 338 g/mol. The molecule has 0 aliphatic carbocycles. The lowest BCUT2D eigenvalue weighted by molar-refractivity contribution is -0.122. The van der Waals surface area contributed by atoms with Gasteiger partial charge in [0.25, 0.3) is 5.91 Å². The Morgan fingerprint density at radius 2 is 1.72 bits per heavy atom. The number of hydrogen-bond acceptors (Lipinski definition) is 3. The van der Waals surface area contributed by atoms with Crippen molar-refractivity contribution < 1.29 is 9.53 Å². The highest BCUT2D eigenvalue weighted by Crippen LogP contribution is 2.22. The Balaban J connectivity index is 1.59. The lowest BCUT2D eigenvalue weighted by Crippen LogP contribution is -2.32. The second kappa shape index (κ2) is 8.56. The molecule has 1 N–H and O–H groups in total. The number of amides is 1. The van der Waals surface area contributed by atoms with Crippen LogP contribution in [0.4, 0.5) is 11.4 Å². The van der Waals surface area contributed by atoms with E-state index in [1.165, 1.54) is 24.9 Å². The summed E-state index contributed by atoms with van der Waals surface area (Å²) in [5, 5.41) is 2.96. The molecule has 25 heavy (non-hydrogen) atoms. The number of ether oxygens (including phenoxy) is 1. The molecule has 0 aromatic heterocycles. The zero-order valence-corrected chi connectivity index (χ0v) is 14.8. The molecule has 2 aromatic rings. The van der Waals surface area contributed by atoms with Gasteiger partial charge in [0.05, 0.1) is 0 Å². The third kappa shape index (κ3) is 4.75. The van der Waals surface area contributed by atoms with E-state index in [-0.39, 0.29) is 5.91 Å². The fourth-order valence-corrected chi connectivity index (χ4v) is 3.12. The first kappa shape index (κ1) is 17.3. The van der Waals surface area contributed by atoms with Crippen LogP contribution in [0.5, 0.6) is 5.75 Å². The van der Waals surface area contributed by atoms with Gasteiger partial charge in [-0.15, -0.1) is 0 Å². The largest absolute Gasteiger partial charge is 0.481 e. The molecule has 1 fully saturated rings. The van der Waals surface area contributed by atoms with E-state index in [1.54, 1.807) is 0 Å². The first-order valence-corrected chi connectivity index (χ1v) is 9.14. The highest BCUT2D eigenvalue weighted by molar-refractivity contribution is 5.94. The number of piperidine rings is 1. The van der Waals surface area contributed by atoms with Crippen molar-refractivity contribution in [1.29, 1.82) is 0 Å². The summed E-state index contributed by atoms with van der Waals surface area (Å²) < 4.78 is 5.80. The third-order valence-electron chi connectivity index (χ3n) is 4.54. The number of hydrogen-bond donors (Lipinski definition) is 1. The lowest BCUT2D eigenvalue weighted by atomic mass is 10.1. The van der Waals surface area contributed by atoms with Crippen LogP contribution in [0.3, 0.4) is 0 Å². The molecular formula is C21H26N2O2. The van der Waals surface area contributed by atoms with Crippen molar-refractivity contribution >= 4 is 17.3 Å². The van der Waals surface area contributed by atoms with Gasteiger partial charge in [-0.3, -0.25) is 4.79 Å². The number of carbonyl (C=O) groups excluding carboxylic acids is 1. The maximum absolute atomic E-state index is 12.5. The average Bonchev–Trinajstić information content (AvgIpc) is 2.68. The Labute approximate surface area is 149 Å². The Kier molecular flexibility index (Phi) is 5.94. The summed E-state index contributed by atoms with van der Waals surface area (Å²) in [5.41, 5.74) is 2.03. The average molecular weight is 338 g/mol. The van der Waals surface area contributed by atoms with Gasteiger partial charge in [-0.2, -0.15) is 0 Å². The number of nitrogens with zero attached hydrogens (tertiary/aromatic N) is 1. The van der Waals surface area contributed by atoms with E-state index in [1.807, 2.05) is 49.4 Å². The highest BCUT2D eigenvalue weighted by Gasteiger charge is 2.18. The van der Waals surface area contributed by atoms with Crippen molar-refractivity contribution in [3.05, 3.63) is 54.6 Å². The van der Waals surface area contributed by atoms with E-state index >= 15 is 0 Å². The minimum absolute atomic E-state index is 0.114. The van der Waals surface area contributed by atoms with Crippen LogP contribution in [0.25, 0.3) is 0 Å². The predicted octanol–water partition coefficient (Wildman–Crippen LogP) is 4.47. The second-order valence-electron chi connectivity index (χ2n) is 6.41. The van der Waals surface area contributed by atoms with E-state index in [4.69, 9.17) is 4.74 Å². The second-order valence-corrected chi connectivity index (χ2v) is 6.41. The summed E-state index contributed by atoms with van der Waals surface area (Å²) in [6.45, 7) is 4.19. The van der Waals surface area contributed by atoms with Gasteiger partial charge in [-0.25, -0.2) is 0 Å². The van der Waals surface area contributed by atoms with Crippen LogP contribution < -0.4 is 15.0 Å². The summed E-state index contributed by atoms with van der Waals surface area (Å²) in [6, 6.07) is 17.6. The molecule has 132 valence electrons. The number of para-hydroxylation sites is 1. The van der Waals surface area contributed by atoms with Crippen molar-refractivity contribution in [3.8, 4) is 5.75 Å². The molecule has 0 saturated carbocycles. The van der Waals surface area contributed by atoms with Gasteiger partial charge in [0.2, 0.25) is 0 Å². The zero-order valence-electron chi connectivity index (χ0n) is 14.8. The predicted molar refractivity (Wildman–Crippen MR) is 102 cm³/mol. The normalized spacial score (nSPS) is 15.5. The van der Waals surface area contributed by atoms with Crippen molar-refractivity contribution in [1.82, 2.24) is 0 Å². The SMILES string of the molecule is CC[C@@H](Oc1ccccc1)C(=O)Nc1ccc(N2CCCCC2)cc1. The summed E-state index contributed by atoms with van der Waals surface area (Å²) in [7, 11) is 0. The summed E-state index contributed by atoms with van der Waals surface area (Å²) in [5.74, 6) is 0.599. The van der Waals surface area contributed by atoms with Gasteiger partial charge < -0.3 is 15.0 Å². The third-order valence-corrected chi connectivity index (χ3v) is 4.54. The molecule has 1 aliphatic heterocycles. The quantitative estimate of drug-likeness (QED) is 0.845. The number of rotatable bonds is 6. The van der Waals surface area contributed by atoms with E-state index < -0.39 is 6.10 Å². The lowest BCUT2D eigenvalue weighted by Gasteiger charge is -2.28. The molecule has 0 unspecified atom stereocenters. The van der Waals surface area contributed by atoms with E-state index in [0.29, 0.717) is 12.2 Å². The standard InChI is InChI=1S/C21H26N2O2/c1-2-20(25-19-9-5-3-6-10-19)21(24)22-17-11-13-18(14-12-17)23-15-7-4-8-16-23/h3,5-6,9-14,20H,2,4,7-8,15-16H2,1H3,(H,22,24)/t20-/m1/s1. The smallest absolute Gasteiger partial charge is 0.265 e. The first-order chi connectivity index (χ1) is 12.3.